The number of nitrogens with zero attached hydrogens (tertiary/aromatic N) is 3. The van der Waals surface area contributed by atoms with Crippen molar-refractivity contribution in [1.29, 1.82) is 0 Å². The molecule has 0 aromatic carbocycles. The Morgan fingerprint density at radius 2 is 2.05 bits per heavy atom. The third-order valence-corrected chi connectivity index (χ3v) is 5.80. The molecular formula is C16H22N4S. The highest BCUT2D eigenvalue weighted by Crippen LogP contribution is 2.41. The summed E-state index contributed by atoms with van der Waals surface area (Å²) in [7, 11) is 0. The van der Waals surface area contributed by atoms with Gasteiger partial charge in [0.05, 0.1) is 5.39 Å². The maximum Gasteiger partial charge on any atom is 0.226 e. The molecular weight excluding hydrogens is 280 g/mol. The van der Waals surface area contributed by atoms with Gasteiger partial charge in [-0.15, -0.1) is 11.3 Å². The molecule has 5 heteroatoms. The Labute approximate surface area is 129 Å². The monoisotopic (exact) mass is 302 g/mol. The van der Waals surface area contributed by atoms with E-state index in [4.69, 9.17) is 4.98 Å². The second-order valence-corrected chi connectivity index (χ2v) is 7.57. The van der Waals surface area contributed by atoms with Crippen molar-refractivity contribution in [3.8, 4) is 0 Å². The molecule has 1 saturated heterocycles. The fourth-order valence-electron chi connectivity index (χ4n) is 3.91. The number of aryl methyl sites for hydroxylation is 1. The van der Waals surface area contributed by atoms with E-state index in [1.165, 1.54) is 42.6 Å². The first-order chi connectivity index (χ1) is 10.2. The maximum atomic E-state index is 4.82. The minimum absolute atomic E-state index is 0.777. The Morgan fingerprint density at radius 1 is 1.29 bits per heavy atom. The fraction of sp³-hybridized carbons (Fsp3) is 0.625. The molecule has 1 aliphatic carbocycles. The molecule has 2 fully saturated rings. The van der Waals surface area contributed by atoms with E-state index in [2.05, 4.69) is 35.1 Å². The zero-order chi connectivity index (χ0) is 14.4. The lowest BCUT2D eigenvalue weighted by Gasteiger charge is -2.20. The molecule has 21 heavy (non-hydrogen) atoms. The highest BCUT2D eigenvalue weighted by molar-refractivity contribution is 7.18. The molecule has 112 valence electrons. The highest BCUT2D eigenvalue weighted by atomic mass is 32.1. The van der Waals surface area contributed by atoms with Crippen LogP contribution in [-0.4, -0.2) is 29.6 Å². The predicted octanol–water partition coefficient (Wildman–Crippen LogP) is 3.67. The number of aromatic nitrogens is 2. The normalized spacial score (nSPS) is 24.8. The molecule has 2 aliphatic rings. The van der Waals surface area contributed by atoms with Crippen LogP contribution in [0.5, 0.6) is 0 Å². The van der Waals surface area contributed by atoms with Crippen molar-refractivity contribution in [2.45, 2.75) is 33.1 Å². The summed E-state index contributed by atoms with van der Waals surface area (Å²) in [6.07, 6.45) is 4.22. The molecule has 0 spiro atoms. The van der Waals surface area contributed by atoms with Crippen LogP contribution in [0.3, 0.4) is 0 Å². The molecule has 1 aliphatic heterocycles. The van der Waals surface area contributed by atoms with Crippen molar-refractivity contribution in [1.82, 2.24) is 9.97 Å². The minimum atomic E-state index is 0.777. The number of hydrogen-bond acceptors (Lipinski definition) is 5. The second kappa shape index (κ2) is 5.13. The van der Waals surface area contributed by atoms with Gasteiger partial charge < -0.3 is 10.2 Å². The maximum absolute atomic E-state index is 4.82. The first-order valence-electron chi connectivity index (χ1n) is 8.01. The lowest BCUT2D eigenvalue weighted by atomic mass is 10.0. The molecule has 0 amide bonds. The summed E-state index contributed by atoms with van der Waals surface area (Å²) < 4.78 is 0. The smallest absolute Gasteiger partial charge is 0.226 e. The first kappa shape index (κ1) is 13.3. The molecule has 3 heterocycles. The predicted molar refractivity (Wildman–Crippen MR) is 89.4 cm³/mol. The standard InChI is InChI=1S/C16H22N4S/c1-3-17-16-18-14(13-7-10(2)21-15(13)19-16)20-8-11-5-4-6-12(11)9-20/h7,11-12H,3-6,8-9H2,1-2H3,(H,17,18,19). The number of thiophene rings is 1. The Bertz CT molecular complexity index is 654. The van der Waals surface area contributed by atoms with Crippen LogP contribution in [0.4, 0.5) is 11.8 Å². The van der Waals surface area contributed by atoms with Crippen LogP contribution in [0.1, 0.15) is 31.1 Å². The van der Waals surface area contributed by atoms with Crippen molar-refractivity contribution in [3.63, 3.8) is 0 Å². The molecule has 1 saturated carbocycles. The van der Waals surface area contributed by atoms with Crippen LogP contribution in [-0.2, 0) is 0 Å². The van der Waals surface area contributed by atoms with E-state index in [1.807, 2.05) is 0 Å². The molecule has 1 N–H and O–H groups in total. The molecule has 0 bridgehead atoms. The molecule has 4 rings (SSSR count). The third kappa shape index (κ3) is 2.27. The van der Waals surface area contributed by atoms with Crippen LogP contribution in [0.25, 0.3) is 10.2 Å². The van der Waals surface area contributed by atoms with Crippen LogP contribution < -0.4 is 10.2 Å². The Morgan fingerprint density at radius 3 is 2.76 bits per heavy atom. The van der Waals surface area contributed by atoms with Crippen LogP contribution in [0.2, 0.25) is 0 Å². The van der Waals surface area contributed by atoms with E-state index in [-0.39, 0.29) is 0 Å². The van der Waals surface area contributed by atoms with E-state index < -0.39 is 0 Å². The van der Waals surface area contributed by atoms with E-state index in [0.29, 0.717) is 0 Å². The summed E-state index contributed by atoms with van der Waals surface area (Å²) in [5.74, 6) is 3.70. The van der Waals surface area contributed by atoms with Crippen LogP contribution >= 0.6 is 11.3 Å². The second-order valence-electron chi connectivity index (χ2n) is 6.33. The number of anilines is 2. The van der Waals surface area contributed by atoms with Gasteiger partial charge in [0.2, 0.25) is 5.95 Å². The zero-order valence-corrected chi connectivity index (χ0v) is 13.5. The van der Waals surface area contributed by atoms with Crippen molar-refractivity contribution >= 4 is 33.3 Å². The average Bonchev–Trinajstić information content (AvgIpc) is 3.10. The van der Waals surface area contributed by atoms with Crippen molar-refractivity contribution in [2.24, 2.45) is 11.8 Å². The number of rotatable bonds is 3. The lowest BCUT2D eigenvalue weighted by Crippen LogP contribution is -2.22. The summed E-state index contributed by atoms with van der Waals surface area (Å²) in [6.45, 7) is 7.46. The number of fused-ring (bicyclic) bond motifs is 2. The van der Waals surface area contributed by atoms with Crippen molar-refractivity contribution < 1.29 is 0 Å². The first-order valence-corrected chi connectivity index (χ1v) is 8.83. The molecule has 2 aromatic rings. The summed E-state index contributed by atoms with van der Waals surface area (Å²) in [4.78, 5) is 14.4. The van der Waals surface area contributed by atoms with Crippen LogP contribution in [0.15, 0.2) is 6.07 Å². The van der Waals surface area contributed by atoms with Crippen molar-refractivity contribution in [3.05, 3.63) is 10.9 Å². The van der Waals surface area contributed by atoms with Gasteiger partial charge in [0, 0.05) is 24.5 Å². The van der Waals surface area contributed by atoms with Gasteiger partial charge in [-0.3, -0.25) is 0 Å². The highest BCUT2D eigenvalue weighted by Gasteiger charge is 2.37. The third-order valence-electron chi connectivity index (χ3n) is 4.86. The van der Waals surface area contributed by atoms with E-state index in [1.54, 1.807) is 11.3 Å². The average molecular weight is 302 g/mol. The van der Waals surface area contributed by atoms with Crippen LogP contribution in [0, 0.1) is 18.8 Å². The summed E-state index contributed by atoms with van der Waals surface area (Å²) >= 11 is 1.77. The summed E-state index contributed by atoms with van der Waals surface area (Å²) in [6, 6.07) is 2.25. The minimum Gasteiger partial charge on any atom is -0.355 e. The Kier molecular flexibility index (Phi) is 3.25. The lowest BCUT2D eigenvalue weighted by molar-refractivity contribution is 0.494. The molecule has 2 aromatic heterocycles. The molecule has 0 radical (unpaired) electrons. The summed E-state index contributed by atoms with van der Waals surface area (Å²) in [5, 5.41) is 4.52. The Hall–Kier alpha value is -1.36. The number of nitrogens with one attached hydrogen (secondary N) is 1. The van der Waals surface area contributed by atoms with E-state index in [9.17, 15) is 0 Å². The summed E-state index contributed by atoms with van der Waals surface area (Å²) in [5.41, 5.74) is 0. The topological polar surface area (TPSA) is 41.1 Å². The zero-order valence-electron chi connectivity index (χ0n) is 12.7. The van der Waals surface area contributed by atoms with E-state index in [0.717, 1.165) is 35.0 Å². The molecule has 2 atom stereocenters. The SMILES string of the molecule is CCNc1nc(N2CC3CCCC3C2)c2cc(C)sc2n1. The van der Waals surface area contributed by atoms with Gasteiger partial charge in [-0.25, -0.2) is 4.98 Å². The van der Waals surface area contributed by atoms with Gasteiger partial charge in [-0.1, -0.05) is 6.42 Å². The Balaban J connectivity index is 1.75. The largest absolute Gasteiger partial charge is 0.355 e. The van der Waals surface area contributed by atoms with Crippen molar-refractivity contribution in [2.75, 3.05) is 29.9 Å². The molecule has 4 nitrogen and oxygen atoms in total. The van der Waals surface area contributed by atoms with E-state index >= 15 is 0 Å². The van der Waals surface area contributed by atoms with Gasteiger partial charge >= 0.3 is 0 Å². The van der Waals surface area contributed by atoms with Gasteiger partial charge in [0.1, 0.15) is 10.6 Å². The number of hydrogen-bond donors (Lipinski definition) is 1. The fourth-order valence-corrected chi connectivity index (χ4v) is 4.79. The quantitative estimate of drug-likeness (QED) is 0.939. The van der Waals surface area contributed by atoms with Gasteiger partial charge in [0.15, 0.2) is 0 Å². The van der Waals surface area contributed by atoms with Gasteiger partial charge in [-0.2, -0.15) is 4.98 Å². The molecule has 2 unspecified atom stereocenters. The van der Waals surface area contributed by atoms with Gasteiger partial charge in [0.25, 0.3) is 0 Å². The van der Waals surface area contributed by atoms with Gasteiger partial charge in [-0.05, 0) is 44.6 Å².